The van der Waals surface area contributed by atoms with E-state index in [-0.39, 0.29) is 5.54 Å². The number of benzene rings is 3. The Morgan fingerprint density at radius 1 is 0.690 bits per heavy atom. The summed E-state index contributed by atoms with van der Waals surface area (Å²) in [4.78, 5) is 0. The van der Waals surface area contributed by atoms with Crippen LogP contribution >= 0.6 is 0 Å². The van der Waals surface area contributed by atoms with E-state index in [4.69, 9.17) is 4.74 Å². The van der Waals surface area contributed by atoms with Gasteiger partial charge in [0, 0.05) is 12.6 Å². The zero-order chi connectivity index (χ0) is 19.9. The zero-order valence-corrected chi connectivity index (χ0v) is 17.3. The second-order valence-electron chi connectivity index (χ2n) is 7.92. The maximum Gasteiger partial charge on any atom is 0.0950 e. The molecule has 150 valence electrons. The van der Waals surface area contributed by atoms with Crippen LogP contribution in [0.25, 0.3) is 0 Å². The third kappa shape index (κ3) is 4.29. The molecule has 0 spiro atoms. The molecule has 1 aliphatic rings. The van der Waals surface area contributed by atoms with Crippen molar-refractivity contribution in [3.05, 3.63) is 108 Å². The van der Waals surface area contributed by atoms with Crippen molar-refractivity contribution in [1.29, 1.82) is 0 Å². The quantitative estimate of drug-likeness (QED) is 0.510. The minimum atomic E-state index is -0.368. The lowest BCUT2D eigenvalue weighted by Crippen LogP contribution is -2.51. The topological polar surface area (TPSA) is 21.3 Å². The summed E-state index contributed by atoms with van der Waals surface area (Å²) in [6, 6.07) is 33.1. The Morgan fingerprint density at radius 2 is 1.10 bits per heavy atom. The summed E-state index contributed by atoms with van der Waals surface area (Å²) < 4.78 is 5.89. The van der Waals surface area contributed by atoms with E-state index in [0.29, 0.717) is 12.1 Å². The normalized spacial score (nSPS) is 19.8. The fraction of sp³-hybridized carbons (Fsp3) is 0.333. The smallest absolute Gasteiger partial charge is 0.0950 e. The van der Waals surface area contributed by atoms with Gasteiger partial charge in [0.25, 0.3) is 0 Å². The van der Waals surface area contributed by atoms with Gasteiger partial charge in [0.05, 0.1) is 11.6 Å². The monoisotopic (exact) mass is 385 g/mol. The van der Waals surface area contributed by atoms with Gasteiger partial charge in [-0.25, -0.2) is 0 Å². The van der Waals surface area contributed by atoms with E-state index in [2.05, 4.69) is 103 Å². The lowest BCUT2D eigenvalue weighted by molar-refractivity contribution is 0.0286. The van der Waals surface area contributed by atoms with Gasteiger partial charge < -0.3 is 4.74 Å². The third-order valence-electron chi connectivity index (χ3n) is 6.12. The molecule has 0 radical (unpaired) electrons. The predicted octanol–water partition coefficient (Wildman–Crippen LogP) is 5.92. The highest BCUT2D eigenvalue weighted by Gasteiger charge is 2.38. The van der Waals surface area contributed by atoms with E-state index < -0.39 is 0 Å². The first-order valence-electron chi connectivity index (χ1n) is 10.9. The van der Waals surface area contributed by atoms with Crippen molar-refractivity contribution in [3.8, 4) is 0 Å². The molecule has 3 aromatic carbocycles. The van der Waals surface area contributed by atoms with Gasteiger partial charge in [-0.1, -0.05) is 91.0 Å². The highest BCUT2D eigenvalue weighted by atomic mass is 16.5. The van der Waals surface area contributed by atoms with Crippen molar-refractivity contribution in [2.24, 2.45) is 0 Å². The number of nitrogens with one attached hydrogen (secondary N) is 1. The number of ether oxygens (including phenoxy) is 1. The number of hydrogen-bond donors (Lipinski definition) is 1. The molecule has 1 fully saturated rings. The molecule has 0 atom stereocenters. The van der Waals surface area contributed by atoms with Crippen molar-refractivity contribution in [3.63, 3.8) is 0 Å². The van der Waals surface area contributed by atoms with E-state index in [1.54, 1.807) is 0 Å². The number of rotatable bonds is 7. The summed E-state index contributed by atoms with van der Waals surface area (Å²) in [5.74, 6) is 0. The van der Waals surface area contributed by atoms with Crippen molar-refractivity contribution < 1.29 is 4.74 Å². The summed E-state index contributed by atoms with van der Waals surface area (Å²) in [6.45, 7) is 2.90. The van der Waals surface area contributed by atoms with Crippen LogP contribution in [0.4, 0.5) is 0 Å². The predicted molar refractivity (Wildman–Crippen MR) is 120 cm³/mol. The minimum absolute atomic E-state index is 0.368. The fourth-order valence-electron chi connectivity index (χ4n) is 4.73. The van der Waals surface area contributed by atoms with Crippen molar-refractivity contribution in [2.75, 3.05) is 6.61 Å². The van der Waals surface area contributed by atoms with Gasteiger partial charge >= 0.3 is 0 Å². The van der Waals surface area contributed by atoms with Crippen LogP contribution in [0.2, 0.25) is 0 Å². The van der Waals surface area contributed by atoms with Gasteiger partial charge in [0.1, 0.15) is 0 Å². The number of hydrogen-bond acceptors (Lipinski definition) is 2. The highest BCUT2D eigenvalue weighted by Crippen LogP contribution is 2.38. The molecule has 0 aliphatic heterocycles. The van der Waals surface area contributed by atoms with Gasteiger partial charge in [-0.3, -0.25) is 5.32 Å². The zero-order valence-electron chi connectivity index (χ0n) is 17.3. The Hall–Kier alpha value is -2.42. The Labute approximate surface area is 174 Å². The molecule has 1 saturated carbocycles. The Morgan fingerprint density at radius 3 is 1.48 bits per heavy atom. The molecule has 0 saturated heterocycles. The van der Waals surface area contributed by atoms with E-state index in [0.717, 1.165) is 32.3 Å². The van der Waals surface area contributed by atoms with Crippen LogP contribution in [0.3, 0.4) is 0 Å². The molecule has 0 amide bonds. The van der Waals surface area contributed by atoms with Crippen LogP contribution < -0.4 is 5.32 Å². The summed E-state index contributed by atoms with van der Waals surface area (Å²) in [5.41, 5.74) is 3.48. The van der Waals surface area contributed by atoms with Crippen LogP contribution in [0.1, 0.15) is 49.3 Å². The molecule has 4 rings (SSSR count). The summed E-state index contributed by atoms with van der Waals surface area (Å²) >= 11 is 0. The molecule has 1 N–H and O–H groups in total. The van der Waals surface area contributed by atoms with Gasteiger partial charge in [0.2, 0.25) is 0 Å². The van der Waals surface area contributed by atoms with E-state index in [1.165, 1.54) is 16.7 Å². The van der Waals surface area contributed by atoms with Crippen LogP contribution in [0.5, 0.6) is 0 Å². The standard InChI is InChI=1S/C27H31NO/c1-2-29-26-20-18-25(19-21-26)28-27(22-12-6-3-7-13-22,23-14-8-4-9-15-23)24-16-10-5-11-17-24/h3-17,25-26,28H,2,18-21H2,1H3. The first-order chi connectivity index (χ1) is 14.3. The van der Waals surface area contributed by atoms with Gasteiger partial charge in [-0.2, -0.15) is 0 Å². The molecule has 2 heteroatoms. The molecule has 0 bridgehead atoms. The Bertz CT molecular complexity index is 758. The SMILES string of the molecule is CCOC1CCC(NC(c2ccccc2)(c2ccccc2)c2ccccc2)CC1. The molecule has 29 heavy (non-hydrogen) atoms. The van der Waals surface area contributed by atoms with E-state index >= 15 is 0 Å². The summed E-state index contributed by atoms with van der Waals surface area (Å²) in [6.07, 6.45) is 4.94. The van der Waals surface area contributed by atoms with Crippen LogP contribution in [0, 0.1) is 0 Å². The maximum atomic E-state index is 5.89. The second kappa shape index (κ2) is 9.39. The first kappa shape index (κ1) is 19.9. The molecular weight excluding hydrogens is 354 g/mol. The van der Waals surface area contributed by atoms with Crippen molar-refractivity contribution >= 4 is 0 Å². The molecular formula is C27H31NO. The average molecular weight is 386 g/mol. The fourth-order valence-corrected chi connectivity index (χ4v) is 4.73. The summed E-state index contributed by atoms with van der Waals surface area (Å²) in [7, 11) is 0. The van der Waals surface area contributed by atoms with Crippen molar-refractivity contribution in [1.82, 2.24) is 5.32 Å². The van der Waals surface area contributed by atoms with Gasteiger partial charge in [-0.05, 0) is 49.3 Å². The van der Waals surface area contributed by atoms with Crippen LogP contribution in [-0.2, 0) is 10.3 Å². The summed E-state index contributed by atoms with van der Waals surface area (Å²) in [5, 5.41) is 4.13. The molecule has 0 unspecified atom stereocenters. The van der Waals surface area contributed by atoms with Crippen LogP contribution in [-0.4, -0.2) is 18.8 Å². The van der Waals surface area contributed by atoms with Crippen LogP contribution in [0.15, 0.2) is 91.0 Å². The average Bonchev–Trinajstić information content (AvgIpc) is 2.80. The Balaban J connectivity index is 1.76. The molecule has 2 nitrogen and oxygen atoms in total. The second-order valence-corrected chi connectivity index (χ2v) is 7.92. The molecule has 0 aromatic heterocycles. The Kier molecular flexibility index (Phi) is 6.43. The van der Waals surface area contributed by atoms with E-state index in [1.807, 2.05) is 0 Å². The lowest BCUT2D eigenvalue weighted by Gasteiger charge is -2.42. The minimum Gasteiger partial charge on any atom is -0.379 e. The first-order valence-corrected chi connectivity index (χ1v) is 10.9. The lowest BCUT2D eigenvalue weighted by atomic mass is 9.75. The highest BCUT2D eigenvalue weighted by molar-refractivity contribution is 5.49. The molecule has 0 heterocycles. The van der Waals surface area contributed by atoms with Gasteiger partial charge in [-0.15, -0.1) is 0 Å². The maximum absolute atomic E-state index is 5.89. The third-order valence-corrected chi connectivity index (χ3v) is 6.12. The van der Waals surface area contributed by atoms with Gasteiger partial charge in [0.15, 0.2) is 0 Å². The molecule has 1 aliphatic carbocycles. The van der Waals surface area contributed by atoms with E-state index in [9.17, 15) is 0 Å². The largest absolute Gasteiger partial charge is 0.379 e. The molecule has 3 aromatic rings. The van der Waals surface area contributed by atoms with Crippen molar-refractivity contribution in [2.45, 2.75) is 50.3 Å².